The zero-order valence-corrected chi connectivity index (χ0v) is 13.9. The second-order valence-corrected chi connectivity index (χ2v) is 7.19. The zero-order chi connectivity index (χ0) is 14.0. The third kappa shape index (κ3) is 3.25. The molecule has 0 radical (unpaired) electrons. The van der Waals surface area contributed by atoms with Crippen LogP contribution in [-0.2, 0) is 5.41 Å². The fourth-order valence-electron chi connectivity index (χ4n) is 2.05. The molecule has 2 nitrogen and oxygen atoms in total. The fourth-order valence-corrected chi connectivity index (χ4v) is 3.38. The Hall–Kier alpha value is -0.710. The minimum Gasteiger partial charge on any atom is -0.330 e. The van der Waals surface area contributed by atoms with Crippen molar-refractivity contribution in [1.82, 2.24) is 4.98 Å². The Bertz CT molecular complexity index is 575. The van der Waals surface area contributed by atoms with E-state index >= 15 is 0 Å². The van der Waals surface area contributed by atoms with E-state index in [1.807, 2.05) is 0 Å². The maximum absolute atomic E-state index is 5.68. The van der Waals surface area contributed by atoms with Crippen LogP contribution in [0.1, 0.15) is 30.8 Å². The molecule has 1 aromatic heterocycles. The molecule has 2 aromatic rings. The van der Waals surface area contributed by atoms with Crippen molar-refractivity contribution >= 4 is 27.3 Å². The molecule has 0 saturated heterocycles. The Morgan fingerprint density at radius 1 is 1.37 bits per heavy atom. The first-order chi connectivity index (χ1) is 8.94. The van der Waals surface area contributed by atoms with Crippen LogP contribution in [0.25, 0.3) is 11.3 Å². The van der Waals surface area contributed by atoms with Gasteiger partial charge in [0.15, 0.2) is 0 Å². The second kappa shape index (κ2) is 5.73. The van der Waals surface area contributed by atoms with Gasteiger partial charge in [0, 0.05) is 20.8 Å². The highest BCUT2D eigenvalue weighted by molar-refractivity contribution is 9.10. The molecular weight excluding hydrogens is 320 g/mol. The Balaban J connectivity index is 2.38. The number of rotatable bonds is 4. The maximum Gasteiger partial charge on any atom is 0.0989 e. The van der Waals surface area contributed by atoms with Gasteiger partial charge in [-0.25, -0.2) is 4.98 Å². The normalized spacial score (nSPS) is 11.8. The quantitative estimate of drug-likeness (QED) is 0.890. The van der Waals surface area contributed by atoms with Crippen LogP contribution in [0.5, 0.6) is 0 Å². The van der Waals surface area contributed by atoms with E-state index in [9.17, 15) is 0 Å². The van der Waals surface area contributed by atoms with E-state index in [4.69, 9.17) is 10.7 Å². The van der Waals surface area contributed by atoms with E-state index in [0.29, 0.717) is 6.54 Å². The predicted octanol–water partition coefficient (Wildman–Crippen LogP) is 4.51. The molecule has 1 aromatic carbocycles. The van der Waals surface area contributed by atoms with Gasteiger partial charge in [-0.2, -0.15) is 0 Å². The van der Waals surface area contributed by atoms with Crippen LogP contribution in [0, 0.1) is 6.92 Å². The topological polar surface area (TPSA) is 38.9 Å². The third-order valence-electron chi connectivity index (χ3n) is 3.33. The summed E-state index contributed by atoms with van der Waals surface area (Å²) in [6, 6.07) is 6.30. The minimum atomic E-state index is 0.0532. The maximum atomic E-state index is 5.68. The Morgan fingerprint density at radius 2 is 2.11 bits per heavy atom. The molecule has 0 unspecified atom stereocenters. The number of halogens is 1. The highest BCUT2D eigenvalue weighted by Crippen LogP contribution is 2.34. The summed E-state index contributed by atoms with van der Waals surface area (Å²) in [5.74, 6) is 0. The third-order valence-corrected chi connectivity index (χ3v) is 5.03. The molecule has 0 aliphatic rings. The lowest BCUT2D eigenvalue weighted by molar-refractivity contribution is 0.485. The van der Waals surface area contributed by atoms with Gasteiger partial charge >= 0.3 is 0 Å². The SMILES string of the molecule is Cc1ccc(Br)cc1-c1csc(C(C)(C)CCN)n1. The summed E-state index contributed by atoms with van der Waals surface area (Å²) < 4.78 is 1.09. The summed E-state index contributed by atoms with van der Waals surface area (Å²) in [6.45, 7) is 7.22. The molecule has 0 saturated carbocycles. The van der Waals surface area contributed by atoms with Gasteiger partial charge in [-0.15, -0.1) is 11.3 Å². The lowest BCUT2D eigenvalue weighted by atomic mass is 9.90. The highest BCUT2D eigenvalue weighted by Gasteiger charge is 2.23. The van der Waals surface area contributed by atoms with Crippen LogP contribution in [-0.4, -0.2) is 11.5 Å². The first-order valence-electron chi connectivity index (χ1n) is 6.36. The molecule has 19 heavy (non-hydrogen) atoms. The van der Waals surface area contributed by atoms with E-state index in [1.54, 1.807) is 11.3 Å². The van der Waals surface area contributed by atoms with Gasteiger partial charge in [0.05, 0.1) is 10.7 Å². The minimum absolute atomic E-state index is 0.0532. The average Bonchev–Trinajstić information content (AvgIpc) is 2.82. The number of hydrogen-bond donors (Lipinski definition) is 1. The van der Waals surface area contributed by atoms with Gasteiger partial charge in [0.25, 0.3) is 0 Å². The standard InChI is InChI=1S/C15H19BrN2S/c1-10-4-5-11(16)8-12(10)13-9-19-14(18-13)15(2,3)6-7-17/h4-5,8-9H,6-7,17H2,1-3H3. The van der Waals surface area contributed by atoms with Crippen molar-refractivity contribution in [3.05, 3.63) is 38.6 Å². The number of hydrogen-bond acceptors (Lipinski definition) is 3. The van der Waals surface area contributed by atoms with Gasteiger partial charge in [-0.05, 0) is 37.6 Å². The van der Waals surface area contributed by atoms with E-state index in [1.165, 1.54) is 11.1 Å². The Morgan fingerprint density at radius 3 is 2.79 bits per heavy atom. The van der Waals surface area contributed by atoms with Gasteiger partial charge in [-0.1, -0.05) is 35.8 Å². The summed E-state index contributed by atoms with van der Waals surface area (Å²) in [4.78, 5) is 4.81. The molecule has 0 amide bonds. The van der Waals surface area contributed by atoms with Crippen molar-refractivity contribution in [2.45, 2.75) is 32.6 Å². The molecule has 0 bridgehead atoms. The highest BCUT2D eigenvalue weighted by atomic mass is 79.9. The smallest absolute Gasteiger partial charge is 0.0989 e. The van der Waals surface area contributed by atoms with Crippen LogP contribution in [0.15, 0.2) is 28.1 Å². The monoisotopic (exact) mass is 338 g/mol. The molecule has 2 rings (SSSR count). The van der Waals surface area contributed by atoms with Crippen molar-refractivity contribution in [2.24, 2.45) is 5.73 Å². The number of nitrogens with zero attached hydrogens (tertiary/aromatic N) is 1. The van der Waals surface area contributed by atoms with Crippen LogP contribution in [0.3, 0.4) is 0 Å². The molecule has 1 heterocycles. The molecule has 2 N–H and O–H groups in total. The lowest BCUT2D eigenvalue weighted by Crippen LogP contribution is -2.21. The summed E-state index contributed by atoms with van der Waals surface area (Å²) in [5.41, 5.74) is 9.24. The Kier molecular flexibility index (Phi) is 4.43. The van der Waals surface area contributed by atoms with Gasteiger partial charge in [0.1, 0.15) is 0 Å². The number of aromatic nitrogens is 1. The van der Waals surface area contributed by atoms with Crippen molar-refractivity contribution in [3.63, 3.8) is 0 Å². The van der Waals surface area contributed by atoms with E-state index in [-0.39, 0.29) is 5.41 Å². The van der Waals surface area contributed by atoms with E-state index < -0.39 is 0 Å². The summed E-state index contributed by atoms with van der Waals surface area (Å²) >= 11 is 5.25. The van der Waals surface area contributed by atoms with Crippen LogP contribution >= 0.6 is 27.3 Å². The summed E-state index contributed by atoms with van der Waals surface area (Å²) in [7, 11) is 0. The molecule has 0 spiro atoms. The van der Waals surface area contributed by atoms with E-state index in [2.05, 4.69) is 60.3 Å². The first-order valence-corrected chi connectivity index (χ1v) is 8.04. The van der Waals surface area contributed by atoms with Crippen molar-refractivity contribution in [3.8, 4) is 11.3 Å². The predicted molar refractivity (Wildman–Crippen MR) is 86.7 cm³/mol. The van der Waals surface area contributed by atoms with Crippen molar-refractivity contribution in [2.75, 3.05) is 6.54 Å². The fraction of sp³-hybridized carbons (Fsp3) is 0.400. The molecule has 102 valence electrons. The van der Waals surface area contributed by atoms with Crippen molar-refractivity contribution < 1.29 is 0 Å². The lowest BCUT2D eigenvalue weighted by Gasteiger charge is -2.20. The summed E-state index contributed by atoms with van der Waals surface area (Å²) in [6.07, 6.45) is 0.956. The molecule has 0 aliphatic carbocycles. The summed E-state index contributed by atoms with van der Waals surface area (Å²) in [5, 5.41) is 3.30. The molecule has 0 fully saturated rings. The average molecular weight is 339 g/mol. The Labute approximate surface area is 127 Å². The van der Waals surface area contributed by atoms with E-state index in [0.717, 1.165) is 21.6 Å². The van der Waals surface area contributed by atoms with Crippen LogP contribution in [0.4, 0.5) is 0 Å². The molecule has 4 heteroatoms. The molecular formula is C15H19BrN2S. The number of aryl methyl sites for hydroxylation is 1. The van der Waals surface area contributed by atoms with Gasteiger partial charge in [0.2, 0.25) is 0 Å². The van der Waals surface area contributed by atoms with Crippen LogP contribution < -0.4 is 5.73 Å². The zero-order valence-electron chi connectivity index (χ0n) is 11.5. The van der Waals surface area contributed by atoms with Crippen LogP contribution in [0.2, 0.25) is 0 Å². The number of nitrogens with two attached hydrogens (primary N) is 1. The second-order valence-electron chi connectivity index (χ2n) is 5.42. The number of thiazole rings is 1. The van der Waals surface area contributed by atoms with Crippen molar-refractivity contribution in [1.29, 1.82) is 0 Å². The van der Waals surface area contributed by atoms with Gasteiger partial charge in [-0.3, -0.25) is 0 Å². The first kappa shape index (κ1) is 14.7. The number of benzene rings is 1. The largest absolute Gasteiger partial charge is 0.330 e. The van der Waals surface area contributed by atoms with Gasteiger partial charge < -0.3 is 5.73 Å². The molecule has 0 aliphatic heterocycles. The molecule has 0 atom stereocenters.